The van der Waals surface area contributed by atoms with Crippen molar-refractivity contribution in [3.63, 3.8) is 0 Å². The maximum absolute atomic E-state index is 8.83. The Kier molecular flexibility index (Phi) is 3.76. The molecule has 0 aliphatic carbocycles. The van der Waals surface area contributed by atoms with Crippen molar-refractivity contribution in [1.29, 1.82) is 5.26 Å². The summed E-state index contributed by atoms with van der Waals surface area (Å²) in [6.45, 7) is 2.33. The smallest absolute Gasteiger partial charge is 0.137 e. The van der Waals surface area contributed by atoms with Crippen LogP contribution in [-0.4, -0.2) is 32.5 Å². The van der Waals surface area contributed by atoms with Gasteiger partial charge in [-0.1, -0.05) is 12.1 Å². The Hall–Kier alpha value is -1.57. The van der Waals surface area contributed by atoms with Crippen LogP contribution < -0.4 is 4.74 Å². The van der Waals surface area contributed by atoms with Gasteiger partial charge in [0.25, 0.3) is 0 Å². The summed E-state index contributed by atoms with van der Waals surface area (Å²) in [7, 11) is 0. The van der Waals surface area contributed by atoms with Crippen molar-refractivity contribution in [2.24, 2.45) is 0 Å². The molecule has 0 radical (unpaired) electrons. The summed E-state index contributed by atoms with van der Waals surface area (Å²) >= 11 is 0. The molecule has 1 aliphatic heterocycles. The Bertz CT molecular complexity index is 382. The topological polar surface area (TPSA) is 51.5 Å². The number of para-hydroxylation sites is 1. The number of rotatable bonds is 5. The van der Waals surface area contributed by atoms with Gasteiger partial charge < -0.3 is 14.2 Å². The van der Waals surface area contributed by atoms with Crippen LogP contribution in [0.1, 0.15) is 5.56 Å². The zero-order chi connectivity index (χ0) is 11.2. The van der Waals surface area contributed by atoms with E-state index in [-0.39, 0.29) is 6.10 Å². The van der Waals surface area contributed by atoms with E-state index in [2.05, 4.69) is 6.07 Å². The molecule has 0 N–H and O–H groups in total. The maximum Gasteiger partial charge on any atom is 0.137 e. The van der Waals surface area contributed by atoms with E-state index in [1.807, 2.05) is 12.1 Å². The van der Waals surface area contributed by atoms with E-state index in [1.165, 1.54) is 0 Å². The predicted octanol–water partition coefficient (Wildman–Crippen LogP) is 1.35. The number of hydrogen-bond acceptors (Lipinski definition) is 4. The fraction of sp³-hybridized carbons (Fsp3) is 0.417. The van der Waals surface area contributed by atoms with Gasteiger partial charge in [-0.15, -0.1) is 0 Å². The third-order valence-corrected chi connectivity index (χ3v) is 2.31. The van der Waals surface area contributed by atoms with Crippen molar-refractivity contribution in [2.75, 3.05) is 26.4 Å². The van der Waals surface area contributed by atoms with Crippen LogP contribution in [0.5, 0.6) is 5.75 Å². The molecule has 16 heavy (non-hydrogen) atoms. The van der Waals surface area contributed by atoms with Gasteiger partial charge in [-0.3, -0.25) is 0 Å². The van der Waals surface area contributed by atoms with Gasteiger partial charge in [0.1, 0.15) is 24.5 Å². The number of ether oxygens (including phenoxy) is 3. The lowest BCUT2D eigenvalue weighted by atomic mass is 10.2. The van der Waals surface area contributed by atoms with Crippen LogP contribution >= 0.6 is 0 Å². The molecule has 0 bridgehead atoms. The lowest BCUT2D eigenvalue weighted by Crippen LogP contribution is -2.37. The van der Waals surface area contributed by atoms with Crippen molar-refractivity contribution in [2.45, 2.75) is 6.10 Å². The van der Waals surface area contributed by atoms with Crippen LogP contribution in [0.25, 0.3) is 0 Å². The molecule has 1 aromatic carbocycles. The van der Waals surface area contributed by atoms with Crippen LogP contribution in [0.15, 0.2) is 24.3 Å². The highest BCUT2D eigenvalue weighted by Crippen LogP contribution is 2.16. The summed E-state index contributed by atoms with van der Waals surface area (Å²) in [5.74, 6) is 0.610. The molecule has 0 saturated carbocycles. The molecule has 2 rings (SSSR count). The summed E-state index contributed by atoms with van der Waals surface area (Å²) < 4.78 is 15.9. The van der Waals surface area contributed by atoms with Crippen molar-refractivity contribution < 1.29 is 14.2 Å². The lowest BCUT2D eigenvalue weighted by Gasteiger charge is -2.25. The van der Waals surface area contributed by atoms with Gasteiger partial charge >= 0.3 is 0 Å². The first-order chi connectivity index (χ1) is 7.90. The van der Waals surface area contributed by atoms with Crippen LogP contribution in [0.3, 0.4) is 0 Å². The molecule has 1 aromatic rings. The molecule has 1 heterocycles. The second-order valence-corrected chi connectivity index (χ2v) is 3.49. The average Bonchev–Trinajstić information content (AvgIpc) is 2.27. The molecule has 1 fully saturated rings. The van der Waals surface area contributed by atoms with E-state index >= 15 is 0 Å². The fourth-order valence-electron chi connectivity index (χ4n) is 1.36. The van der Waals surface area contributed by atoms with Crippen molar-refractivity contribution in [1.82, 2.24) is 0 Å². The Labute approximate surface area is 94.3 Å². The van der Waals surface area contributed by atoms with Gasteiger partial charge in [0.05, 0.1) is 25.4 Å². The highest BCUT2D eigenvalue weighted by molar-refractivity contribution is 5.42. The average molecular weight is 219 g/mol. The molecule has 0 unspecified atom stereocenters. The summed E-state index contributed by atoms with van der Waals surface area (Å²) in [5, 5.41) is 8.83. The van der Waals surface area contributed by atoms with Crippen LogP contribution in [0, 0.1) is 11.3 Å². The third kappa shape index (κ3) is 2.72. The maximum atomic E-state index is 8.83. The minimum absolute atomic E-state index is 0.217. The molecule has 0 aromatic heterocycles. The Morgan fingerprint density at radius 2 is 2.12 bits per heavy atom. The second kappa shape index (κ2) is 5.50. The molecule has 4 heteroatoms. The Balaban J connectivity index is 1.74. The normalized spacial score (nSPS) is 15.2. The highest BCUT2D eigenvalue weighted by Gasteiger charge is 2.18. The summed E-state index contributed by atoms with van der Waals surface area (Å²) in [4.78, 5) is 0. The summed E-state index contributed by atoms with van der Waals surface area (Å²) in [6.07, 6.45) is 0.217. The standard InChI is InChI=1S/C12H13NO3/c13-7-10-3-1-2-4-12(10)16-6-5-15-11-8-14-9-11/h1-4,11H,5-6,8-9H2. The van der Waals surface area contributed by atoms with Gasteiger partial charge in [-0.2, -0.15) is 5.26 Å². The molecule has 4 nitrogen and oxygen atoms in total. The van der Waals surface area contributed by atoms with Crippen LogP contribution in [0.4, 0.5) is 0 Å². The monoisotopic (exact) mass is 219 g/mol. The first-order valence-corrected chi connectivity index (χ1v) is 5.21. The number of hydrogen-bond donors (Lipinski definition) is 0. The number of nitrogens with zero attached hydrogens (tertiary/aromatic N) is 1. The molecule has 0 atom stereocenters. The van der Waals surface area contributed by atoms with Crippen LogP contribution in [-0.2, 0) is 9.47 Å². The SMILES string of the molecule is N#Cc1ccccc1OCCOC1COC1. The molecule has 0 spiro atoms. The molecular formula is C12H13NO3. The minimum atomic E-state index is 0.217. The van der Waals surface area contributed by atoms with Gasteiger partial charge in [-0.25, -0.2) is 0 Å². The number of nitriles is 1. The summed E-state index contributed by atoms with van der Waals surface area (Å²) in [5.41, 5.74) is 0.550. The van der Waals surface area contributed by atoms with Gasteiger partial charge in [-0.05, 0) is 12.1 Å². The van der Waals surface area contributed by atoms with Crippen molar-refractivity contribution in [3.8, 4) is 11.8 Å². The van der Waals surface area contributed by atoms with E-state index in [0.29, 0.717) is 37.7 Å². The zero-order valence-corrected chi connectivity index (χ0v) is 8.89. The lowest BCUT2D eigenvalue weighted by molar-refractivity contribution is -0.132. The van der Waals surface area contributed by atoms with Gasteiger partial charge in [0, 0.05) is 0 Å². The Morgan fingerprint density at radius 3 is 2.81 bits per heavy atom. The summed E-state index contributed by atoms with van der Waals surface area (Å²) in [6, 6.07) is 9.25. The van der Waals surface area contributed by atoms with E-state index in [4.69, 9.17) is 19.5 Å². The van der Waals surface area contributed by atoms with E-state index in [9.17, 15) is 0 Å². The van der Waals surface area contributed by atoms with E-state index in [0.717, 1.165) is 0 Å². The fourth-order valence-corrected chi connectivity index (χ4v) is 1.36. The number of benzene rings is 1. The van der Waals surface area contributed by atoms with Crippen LogP contribution in [0.2, 0.25) is 0 Å². The van der Waals surface area contributed by atoms with E-state index < -0.39 is 0 Å². The Morgan fingerprint density at radius 1 is 1.31 bits per heavy atom. The third-order valence-electron chi connectivity index (χ3n) is 2.31. The quantitative estimate of drug-likeness (QED) is 0.701. The molecule has 0 amide bonds. The molecule has 1 aliphatic rings. The van der Waals surface area contributed by atoms with Crippen molar-refractivity contribution >= 4 is 0 Å². The van der Waals surface area contributed by atoms with Gasteiger partial charge in [0.15, 0.2) is 0 Å². The first-order valence-electron chi connectivity index (χ1n) is 5.21. The molecule has 84 valence electrons. The first kappa shape index (κ1) is 10.9. The second-order valence-electron chi connectivity index (χ2n) is 3.49. The minimum Gasteiger partial charge on any atom is -0.490 e. The highest BCUT2D eigenvalue weighted by atomic mass is 16.6. The molecule has 1 saturated heterocycles. The van der Waals surface area contributed by atoms with E-state index in [1.54, 1.807) is 12.1 Å². The predicted molar refractivity (Wildman–Crippen MR) is 57.2 cm³/mol. The van der Waals surface area contributed by atoms with Gasteiger partial charge in [0.2, 0.25) is 0 Å². The molecular weight excluding hydrogens is 206 g/mol. The van der Waals surface area contributed by atoms with Crippen molar-refractivity contribution in [3.05, 3.63) is 29.8 Å². The zero-order valence-electron chi connectivity index (χ0n) is 8.89. The largest absolute Gasteiger partial charge is 0.490 e.